The van der Waals surface area contributed by atoms with E-state index >= 15 is 0 Å². The quantitative estimate of drug-likeness (QED) is 0.457. The Bertz CT molecular complexity index is 959. The van der Waals surface area contributed by atoms with E-state index in [0.29, 0.717) is 11.5 Å². The molecule has 10 heteroatoms. The summed E-state index contributed by atoms with van der Waals surface area (Å²) < 4.78 is -0.0690. The molecule has 2 heterocycles. The highest BCUT2D eigenvalue weighted by molar-refractivity contribution is 7.71. The van der Waals surface area contributed by atoms with Crippen LogP contribution < -0.4 is 10.9 Å². The predicted molar refractivity (Wildman–Crippen MR) is 83.7 cm³/mol. The first kappa shape index (κ1) is 14.7. The highest BCUT2D eigenvalue weighted by Crippen LogP contribution is 2.18. The van der Waals surface area contributed by atoms with Crippen molar-refractivity contribution in [3.8, 4) is 17.3 Å². The van der Waals surface area contributed by atoms with E-state index in [2.05, 4.69) is 30.5 Å². The summed E-state index contributed by atoms with van der Waals surface area (Å²) in [6.07, 6.45) is 1.39. The van der Waals surface area contributed by atoms with Crippen LogP contribution in [0.15, 0.2) is 35.4 Å². The van der Waals surface area contributed by atoms with Crippen molar-refractivity contribution >= 4 is 23.8 Å². The molecule has 1 amide bonds. The molecule has 0 aliphatic rings. The number of rotatable bonds is 3. The Kier molecular flexibility index (Phi) is 3.73. The largest absolute Gasteiger partial charge is 0.494 e. The molecule has 3 aromatic rings. The Morgan fingerprint density at radius 2 is 1.96 bits per heavy atom. The van der Waals surface area contributed by atoms with Crippen LogP contribution in [0.4, 0.5) is 5.69 Å². The second kappa shape index (κ2) is 5.85. The number of hydrogen-bond donors (Lipinski definition) is 5. The van der Waals surface area contributed by atoms with Crippen molar-refractivity contribution in [2.45, 2.75) is 0 Å². The van der Waals surface area contributed by atoms with Crippen molar-refractivity contribution in [3.05, 3.63) is 51.3 Å². The van der Waals surface area contributed by atoms with Crippen LogP contribution in [-0.2, 0) is 0 Å². The van der Waals surface area contributed by atoms with Crippen molar-refractivity contribution < 1.29 is 9.90 Å². The van der Waals surface area contributed by atoms with Gasteiger partial charge in [0.25, 0.3) is 11.5 Å². The fraction of sp³-hybridized carbons (Fsp3) is 0. The summed E-state index contributed by atoms with van der Waals surface area (Å²) in [5.74, 6) is -0.760. The van der Waals surface area contributed by atoms with Gasteiger partial charge in [0, 0.05) is 11.3 Å². The van der Waals surface area contributed by atoms with Crippen molar-refractivity contribution in [1.82, 2.24) is 25.1 Å². The van der Waals surface area contributed by atoms with Gasteiger partial charge in [0.05, 0.1) is 0 Å². The maximum Gasteiger partial charge on any atom is 0.268 e. The average molecular weight is 330 g/mol. The van der Waals surface area contributed by atoms with Crippen molar-refractivity contribution in [2.24, 2.45) is 0 Å². The van der Waals surface area contributed by atoms with Crippen LogP contribution in [0.2, 0.25) is 0 Å². The molecular weight excluding hydrogens is 320 g/mol. The molecule has 0 saturated carbocycles. The van der Waals surface area contributed by atoms with E-state index in [-0.39, 0.29) is 4.77 Å². The average Bonchev–Trinajstić information content (AvgIpc) is 3.01. The Hall–Kier alpha value is -3.27. The first-order valence-corrected chi connectivity index (χ1v) is 6.78. The van der Waals surface area contributed by atoms with E-state index in [4.69, 9.17) is 12.2 Å². The highest BCUT2D eigenvalue weighted by atomic mass is 32.1. The monoisotopic (exact) mass is 330 g/mol. The Balaban J connectivity index is 1.84. The van der Waals surface area contributed by atoms with Gasteiger partial charge < -0.3 is 15.4 Å². The second-order valence-electron chi connectivity index (χ2n) is 4.50. The summed E-state index contributed by atoms with van der Waals surface area (Å²) in [5, 5.41) is 18.7. The number of aromatic nitrogens is 5. The third kappa shape index (κ3) is 3.01. The number of carbonyl (C=O) groups is 1. The van der Waals surface area contributed by atoms with Crippen LogP contribution in [-0.4, -0.2) is 36.2 Å². The summed E-state index contributed by atoms with van der Waals surface area (Å²) in [6, 6.07) is 6.70. The lowest BCUT2D eigenvalue weighted by atomic mass is 10.2. The molecule has 23 heavy (non-hydrogen) atoms. The first-order valence-electron chi connectivity index (χ1n) is 6.37. The molecule has 1 aromatic carbocycles. The van der Waals surface area contributed by atoms with E-state index in [0.717, 1.165) is 5.56 Å². The van der Waals surface area contributed by atoms with Gasteiger partial charge in [0.1, 0.15) is 6.33 Å². The topological polar surface area (TPSA) is 140 Å². The van der Waals surface area contributed by atoms with Crippen molar-refractivity contribution in [3.63, 3.8) is 0 Å². The predicted octanol–water partition coefficient (Wildman–Crippen LogP) is 1.18. The minimum absolute atomic E-state index is 0.0690. The molecule has 0 unspecified atom stereocenters. The maximum atomic E-state index is 12.1. The van der Waals surface area contributed by atoms with Gasteiger partial charge in [-0.15, -0.1) is 0 Å². The number of H-pyrrole nitrogens is 3. The first-order chi connectivity index (χ1) is 11.0. The van der Waals surface area contributed by atoms with Gasteiger partial charge in [-0.25, -0.2) is 4.98 Å². The lowest BCUT2D eigenvalue weighted by molar-refractivity contribution is 0.102. The number of carbonyl (C=O) groups excluding carboxylic acids is 1. The molecule has 0 radical (unpaired) electrons. The fourth-order valence-electron chi connectivity index (χ4n) is 1.93. The number of anilines is 1. The molecular formula is C13H10N6O3S. The third-order valence-corrected chi connectivity index (χ3v) is 3.19. The zero-order valence-corrected chi connectivity index (χ0v) is 12.3. The second-order valence-corrected chi connectivity index (χ2v) is 4.91. The molecule has 0 bridgehead atoms. The number of aromatic hydroxyl groups is 1. The molecule has 0 fully saturated rings. The molecule has 5 N–H and O–H groups in total. The number of nitrogens with zero attached hydrogens (tertiary/aromatic N) is 2. The van der Waals surface area contributed by atoms with Crippen LogP contribution in [0.3, 0.4) is 0 Å². The van der Waals surface area contributed by atoms with Gasteiger partial charge in [-0.1, -0.05) is 0 Å². The van der Waals surface area contributed by atoms with Crippen LogP contribution in [0, 0.1) is 4.77 Å². The summed E-state index contributed by atoms with van der Waals surface area (Å²) in [6.45, 7) is 0. The van der Waals surface area contributed by atoms with Crippen molar-refractivity contribution in [1.29, 1.82) is 0 Å². The van der Waals surface area contributed by atoms with Gasteiger partial charge in [-0.05, 0) is 36.5 Å². The molecule has 116 valence electrons. The molecule has 3 rings (SSSR count). The molecule has 2 aromatic heterocycles. The number of amides is 1. The zero-order chi connectivity index (χ0) is 16.4. The minimum Gasteiger partial charge on any atom is -0.494 e. The number of aromatic amines is 3. The summed E-state index contributed by atoms with van der Waals surface area (Å²) in [4.78, 5) is 32.4. The molecule has 0 aliphatic heterocycles. The maximum absolute atomic E-state index is 12.1. The highest BCUT2D eigenvalue weighted by Gasteiger charge is 2.17. The zero-order valence-electron chi connectivity index (χ0n) is 11.5. The lowest BCUT2D eigenvalue weighted by Crippen LogP contribution is -2.24. The van der Waals surface area contributed by atoms with Crippen molar-refractivity contribution in [2.75, 3.05) is 5.32 Å². The van der Waals surface area contributed by atoms with E-state index in [1.165, 1.54) is 6.33 Å². The van der Waals surface area contributed by atoms with E-state index < -0.39 is 22.9 Å². The number of hydrogen-bond acceptors (Lipinski definition) is 6. The number of nitrogens with one attached hydrogen (secondary N) is 4. The van der Waals surface area contributed by atoms with Gasteiger partial charge in [0.15, 0.2) is 16.2 Å². The SMILES string of the molecule is O=C(Nc1ccc(-c2ncn[nH]2)cc1)c1c(O)[nH]c(=S)[nH]c1=O. The van der Waals surface area contributed by atoms with Crippen LogP contribution >= 0.6 is 12.2 Å². The van der Waals surface area contributed by atoms with Gasteiger partial charge in [0.2, 0.25) is 5.88 Å². The number of benzene rings is 1. The Morgan fingerprint density at radius 1 is 1.22 bits per heavy atom. The molecule has 0 atom stereocenters. The fourth-order valence-corrected chi connectivity index (χ4v) is 2.12. The Labute approximate surface area is 133 Å². The van der Waals surface area contributed by atoms with Crippen LogP contribution in [0.25, 0.3) is 11.4 Å². The van der Waals surface area contributed by atoms with Crippen LogP contribution in [0.1, 0.15) is 10.4 Å². The van der Waals surface area contributed by atoms with Gasteiger partial charge in [-0.3, -0.25) is 19.7 Å². The molecule has 9 nitrogen and oxygen atoms in total. The van der Waals surface area contributed by atoms with Gasteiger partial charge >= 0.3 is 0 Å². The molecule has 0 saturated heterocycles. The van der Waals surface area contributed by atoms with E-state index in [9.17, 15) is 14.7 Å². The summed E-state index contributed by atoms with van der Waals surface area (Å²) in [7, 11) is 0. The summed E-state index contributed by atoms with van der Waals surface area (Å²) in [5.41, 5.74) is 0.00411. The Morgan fingerprint density at radius 3 is 2.57 bits per heavy atom. The standard InChI is InChI=1S/C13H10N6O3S/c20-10(8-11(21)17-13(23)18-12(8)22)16-7-3-1-6(2-4-7)9-14-5-15-19-9/h1-5H,(H,16,20)(H,14,15,19)(H3,17,18,21,22,23). The normalized spacial score (nSPS) is 10.4. The molecule has 0 spiro atoms. The smallest absolute Gasteiger partial charge is 0.268 e. The third-order valence-electron chi connectivity index (χ3n) is 2.98. The van der Waals surface area contributed by atoms with E-state index in [1.807, 2.05) is 0 Å². The lowest BCUT2D eigenvalue weighted by Gasteiger charge is -2.06. The summed E-state index contributed by atoms with van der Waals surface area (Å²) >= 11 is 4.70. The minimum atomic E-state index is -0.776. The van der Waals surface area contributed by atoms with Gasteiger partial charge in [-0.2, -0.15) is 5.10 Å². The van der Waals surface area contributed by atoms with Crippen LogP contribution in [0.5, 0.6) is 5.88 Å². The van der Waals surface area contributed by atoms with E-state index in [1.54, 1.807) is 24.3 Å². The molecule has 0 aliphatic carbocycles.